The molecule has 0 unspecified atom stereocenters. The van der Waals surface area contributed by atoms with Crippen LogP contribution >= 0.6 is 15.9 Å². The van der Waals surface area contributed by atoms with E-state index >= 15 is 0 Å². The van der Waals surface area contributed by atoms with E-state index in [4.69, 9.17) is 14.2 Å². The van der Waals surface area contributed by atoms with Crippen LogP contribution in [0.2, 0.25) is 0 Å². The molecule has 1 aromatic carbocycles. The Morgan fingerprint density at radius 1 is 1.15 bits per heavy atom. The third-order valence-electron chi connectivity index (χ3n) is 2.78. The molecule has 0 saturated heterocycles. The highest BCUT2D eigenvalue weighted by atomic mass is 79.9. The van der Waals surface area contributed by atoms with Gasteiger partial charge in [-0.25, -0.2) is 0 Å². The van der Waals surface area contributed by atoms with Crippen molar-refractivity contribution in [1.29, 1.82) is 0 Å². The summed E-state index contributed by atoms with van der Waals surface area (Å²) in [5.74, 6) is 1.55. The minimum atomic E-state index is 0.739. The van der Waals surface area contributed by atoms with Crippen LogP contribution in [0.25, 0.3) is 6.08 Å². The molecule has 0 amide bonds. The summed E-state index contributed by atoms with van der Waals surface area (Å²) in [6.45, 7) is 2.55. The largest absolute Gasteiger partial charge is 0.495 e. The van der Waals surface area contributed by atoms with Crippen molar-refractivity contribution >= 4 is 22.0 Å². The SMILES string of the molecule is COCCNCC/C=C/c1ccc(OC)c(Br)c1OC. The van der Waals surface area contributed by atoms with Crippen LogP contribution in [-0.2, 0) is 4.74 Å². The second-order valence-electron chi connectivity index (χ2n) is 4.14. The first-order valence-electron chi connectivity index (χ1n) is 6.51. The molecular weight excluding hydrogens is 322 g/mol. The second-order valence-corrected chi connectivity index (χ2v) is 4.93. The van der Waals surface area contributed by atoms with Gasteiger partial charge >= 0.3 is 0 Å². The molecule has 0 aromatic heterocycles. The van der Waals surface area contributed by atoms with Crippen molar-refractivity contribution in [3.05, 3.63) is 28.2 Å². The summed E-state index contributed by atoms with van der Waals surface area (Å²) in [5.41, 5.74) is 1.03. The molecule has 0 atom stereocenters. The Labute approximate surface area is 129 Å². The van der Waals surface area contributed by atoms with Gasteiger partial charge in [0.1, 0.15) is 16.0 Å². The topological polar surface area (TPSA) is 39.7 Å². The molecule has 1 aromatic rings. The molecule has 0 spiro atoms. The number of hydrogen-bond acceptors (Lipinski definition) is 4. The van der Waals surface area contributed by atoms with Gasteiger partial charge in [0.25, 0.3) is 0 Å². The molecule has 1 N–H and O–H groups in total. The van der Waals surface area contributed by atoms with Gasteiger partial charge in [-0.2, -0.15) is 0 Å². The van der Waals surface area contributed by atoms with Crippen molar-refractivity contribution < 1.29 is 14.2 Å². The van der Waals surface area contributed by atoms with E-state index in [0.29, 0.717) is 0 Å². The molecule has 0 heterocycles. The number of methoxy groups -OCH3 is 3. The Kier molecular flexibility index (Phi) is 8.34. The van der Waals surface area contributed by atoms with Crippen molar-refractivity contribution in [1.82, 2.24) is 5.32 Å². The molecular formula is C15H22BrNO3. The van der Waals surface area contributed by atoms with Crippen molar-refractivity contribution in [2.75, 3.05) is 41.0 Å². The summed E-state index contributed by atoms with van der Waals surface area (Å²) in [6, 6.07) is 3.90. The fourth-order valence-corrected chi connectivity index (χ4v) is 2.43. The molecule has 0 bridgehead atoms. The molecule has 1 rings (SSSR count). The van der Waals surface area contributed by atoms with Gasteiger partial charge < -0.3 is 19.5 Å². The van der Waals surface area contributed by atoms with Gasteiger partial charge in [0.05, 0.1) is 20.8 Å². The average molecular weight is 344 g/mol. The van der Waals surface area contributed by atoms with E-state index in [9.17, 15) is 0 Å². The zero-order chi connectivity index (χ0) is 14.8. The van der Waals surface area contributed by atoms with Crippen LogP contribution < -0.4 is 14.8 Å². The highest BCUT2D eigenvalue weighted by molar-refractivity contribution is 9.10. The Bertz CT molecular complexity index is 435. The van der Waals surface area contributed by atoms with E-state index in [-0.39, 0.29) is 0 Å². The average Bonchev–Trinajstić information content (AvgIpc) is 2.46. The Morgan fingerprint density at radius 3 is 2.60 bits per heavy atom. The van der Waals surface area contributed by atoms with Gasteiger partial charge in [-0.3, -0.25) is 0 Å². The maximum absolute atomic E-state index is 5.42. The first kappa shape index (κ1) is 17.0. The van der Waals surface area contributed by atoms with Crippen LogP contribution in [0.1, 0.15) is 12.0 Å². The maximum Gasteiger partial charge on any atom is 0.144 e. The molecule has 0 saturated carbocycles. The van der Waals surface area contributed by atoms with Crippen LogP contribution in [0.5, 0.6) is 11.5 Å². The third kappa shape index (κ3) is 5.15. The smallest absolute Gasteiger partial charge is 0.144 e. The lowest BCUT2D eigenvalue weighted by atomic mass is 10.1. The fourth-order valence-electron chi connectivity index (χ4n) is 1.74. The van der Waals surface area contributed by atoms with E-state index in [1.165, 1.54) is 0 Å². The molecule has 5 heteroatoms. The van der Waals surface area contributed by atoms with Gasteiger partial charge in [0.2, 0.25) is 0 Å². The monoisotopic (exact) mass is 343 g/mol. The van der Waals surface area contributed by atoms with Crippen molar-refractivity contribution in [2.45, 2.75) is 6.42 Å². The minimum Gasteiger partial charge on any atom is -0.495 e. The first-order chi connectivity index (χ1) is 9.74. The molecule has 112 valence electrons. The Hall–Kier alpha value is -1.04. The molecule has 0 aliphatic rings. The second kappa shape index (κ2) is 9.80. The summed E-state index contributed by atoms with van der Waals surface area (Å²) in [7, 11) is 5.00. The highest BCUT2D eigenvalue weighted by Gasteiger charge is 2.10. The van der Waals surface area contributed by atoms with E-state index in [2.05, 4.69) is 33.4 Å². The number of halogens is 1. The van der Waals surface area contributed by atoms with Gasteiger partial charge in [-0.05, 0) is 41.0 Å². The number of nitrogens with one attached hydrogen (secondary N) is 1. The molecule has 0 aliphatic heterocycles. The normalized spacial score (nSPS) is 11.0. The van der Waals surface area contributed by atoms with Crippen LogP contribution in [0.3, 0.4) is 0 Å². The first-order valence-corrected chi connectivity index (χ1v) is 7.30. The van der Waals surface area contributed by atoms with Crippen molar-refractivity contribution in [2.24, 2.45) is 0 Å². The van der Waals surface area contributed by atoms with Gasteiger partial charge in [0, 0.05) is 19.2 Å². The zero-order valence-corrected chi connectivity index (χ0v) is 13.8. The van der Waals surface area contributed by atoms with E-state index in [1.807, 2.05) is 12.1 Å². The lowest BCUT2D eigenvalue weighted by Crippen LogP contribution is -2.19. The van der Waals surface area contributed by atoms with Gasteiger partial charge in [0.15, 0.2) is 0 Å². The Morgan fingerprint density at radius 2 is 1.95 bits per heavy atom. The highest BCUT2D eigenvalue weighted by Crippen LogP contribution is 2.37. The lowest BCUT2D eigenvalue weighted by molar-refractivity contribution is 0.199. The quantitative estimate of drug-likeness (QED) is 0.699. The lowest BCUT2D eigenvalue weighted by Gasteiger charge is -2.11. The summed E-state index contributed by atoms with van der Waals surface area (Å²) in [6.07, 6.45) is 5.13. The van der Waals surface area contributed by atoms with Crippen LogP contribution in [0.15, 0.2) is 22.7 Å². The van der Waals surface area contributed by atoms with E-state index < -0.39 is 0 Å². The summed E-state index contributed by atoms with van der Waals surface area (Å²) in [5, 5.41) is 3.29. The number of hydrogen-bond donors (Lipinski definition) is 1. The van der Waals surface area contributed by atoms with Gasteiger partial charge in [-0.15, -0.1) is 0 Å². The number of benzene rings is 1. The van der Waals surface area contributed by atoms with E-state index in [0.717, 1.165) is 47.7 Å². The standard InChI is InChI=1S/C15H22BrNO3/c1-18-11-10-17-9-5-4-6-12-7-8-13(19-2)14(16)15(12)20-3/h4,6-8,17H,5,9-11H2,1-3H3/b6-4+. The molecule has 0 aliphatic carbocycles. The molecule has 20 heavy (non-hydrogen) atoms. The van der Waals surface area contributed by atoms with Crippen molar-refractivity contribution in [3.63, 3.8) is 0 Å². The van der Waals surface area contributed by atoms with Crippen LogP contribution in [-0.4, -0.2) is 41.0 Å². The van der Waals surface area contributed by atoms with Crippen LogP contribution in [0, 0.1) is 0 Å². The predicted octanol–water partition coefficient (Wildman–Crippen LogP) is 3.11. The van der Waals surface area contributed by atoms with Gasteiger partial charge in [-0.1, -0.05) is 12.2 Å². The summed E-state index contributed by atoms with van der Waals surface area (Å²) < 4.78 is 16.5. The molecule has 0 fully saturated rings. The summed E-state index contributed by atoms with van der Waals surface area (Å²) >= 11 is 3.49. The van der Waals surface area contributed by atoms with E-state index in [1.54, 1.807) is 21.3 Å². The zero-order valence-electron chi connectivity index (χ0n) is 12.2. The number of rotatable bonds is 9. The number of ether oxygens (including phenoxy) is 3. The minimum absolute atomic E-state index is 0.739. The van der Waals surface area contributed by atoms with Crippen LogP contribution in [0.4, 0.5) is 0 Å². The fraction of sp³-hybridized carbons (Fsp3) is 0.467. The molecule has 4 nitrogen and oxygen atoms in total. The third-order valence-corrected chi connectivity index (χ3v) is 3.54. The predicted molar refractivity (Wildman–Crippen MR) is 85.6 cm³/mol. The summed E-state index contributed by atoms with van der Waals surface area (Å²) in [4.78, 5) is 0. The van der Waals surface area contributed by atoms with Crippen molar-refractivity contribution in [3.8, 4) is 11.5 Å². The maximum atomic E-state index is 5.42. The Balaban J connectivity index is 2.57. The molecule has 0 radical (unpaired) electrons.